The Morgan fingerprint density at radius 1 is 1.71 bits per heavy atom. The van der Waals surface area contributed by atoms with Crippen molar-refractivity contribution in [1.29, 1.82) is 0 Å². The first-order valence-corrected chi connectivity index (χ1v) is 5.17. The molecule has 0 unspecified atom stereocenters. The molecule has 6 heteroatoms. The number of nitrogens with zero attached hydrogens (tertiary/aromatic N) is 2. The summed E-state index contributed by atoms with van der Waals surface area (Å²) < 4.78 is 7.93. The molecule has 1 fully saturated rings. The van der Waals surface area contributed by atoms with Crippen molar-refractivity contribution in [3.8, 4) is 0 Å². The number of ether oxygens (including phenoxy) is 1. The number of nitrogens with one attached hydrogen (secondary N) is 1. The van der Waals surface area contributed by atoms with Gasteiger partial charge in [0, 0.05) is 12.6 Å². The summed E-state index contributed by atoms with van der Waals surface area (Å²) in [5.41, 5.74) is 5.68. The van der Waals surface area contributed by atoms with Crippen molar-refractivity contribution in [2.24, 2.45) is 0 Å². The average Bonchev–Trinajstić information content (AvgIpc) is 2.40. The van der Waals surface area contributed by atoms with Gasteiger partial charge in [0.05, 0.1) is 6.10 Å². The van der Waals surface area contributed by atoms with Gasteiger partial charge in [0.1, 0.15) is 0 Å². The fourth-order valence-electron chi connectivity index (χ4n) is 1.79. The second-order valence-corrected chi connectivity index (χ2v) is 3.85. The van der Waals surface area contributed by atoms with E-state index in [0.717, 1.165) is 19.4 Å². The van der Waals surface area contributed by atoms with Crippen molar-refractivity contribution in [2.75, 3.05) is 12.3 Å². The molecule has 1 aromatic rings. The van der Waals surface area contributed by atoms with Gasteiger partial charge in [-0.15, -0.1) is 5.10 Å². The Morgan fingerprint density at radius 2 is 2.43 bits per heavy atom. The quantitative estimate of drug-likeness (QED) is 0.743. The van der Waals surface area contributed by atoms with Crippen molar-refractivity contribution >= 4 is 18.2 Å². The van der Waals surface area contributed by atoms with Crippen LogP contribution in [0.15, 0.2) is 0 Å². The number of hydrogen-bond acceptors (Lipinski definition) is 4. The SMILES string of the molecule is CCOC1CC(n2c(N)n[nH]c2=S)C1. The highest BCUT2D eigenvalue weighted by Crippen LogP contribution is 2.35. The number of nitrogen functional groups attached to an aromatic ring is 1. The summed E-state index contributed by atoms with van der Waals surface area (Å²) in [7, 11) is 0. The van der Waals surface area contributed by atoms with Gasteiger partial charge < -0.3 is 10.5 Å². The summed E-state index contributed by atoms with van der Waals surface area (Å²) in [6, 6.07) is 0.359. The van der Waals surface area contributed by atoms with Gasteiger partial charge in [-0.3, -0.25) is 4.57 Å². The Morgan fingerprint density at radius 3 is 2.93 bits per heavy atom. The lowest BCUT2D eigenvalue weighted by Gasteiger charge is -2.35. The molecule has 14 heavy (non-hydrogen) atoms. The molecule has 0 bridgehead atoms. The molecule has 0 amide bonds. The Labute approximate surface area is 87.3 Å². The minimum atomic E-state index is 0.359. The largest absolute Gasteiger partial charge is 0.378 e. The Kier molecular flexibility index (Phi) is 2.56. The van der Waals surface area contributed by atoms with Crippen LogP contribution in [0.1, 0.15) is 25.8 Å². The van der Waals surface area contributed by atoms with Crippen LogP contribution < -0.4 is 5.73 Å². The van der Waals surface area contributed by atoms with Crippen LogP contribution in [0.5, 0.6) is 0 Å². The molecule has 2 rings (SSSR count). The third kappa shape index (κ3) is 1.55. The zero-order chi connectivity index (χ0) is 10.1. The fourth-order valence-corrected chi connectivity index (χ4v) is 2.08. The standard InChI is InChI=1S/C8H14N4OS/c1-2-13-6-3-5(4-6)12-7(9)10-11-8(12)14/h5-6H,2-4H2,1H3,(H2,9,10)(H,11,14). The zero-order valence-electron chi connectivity index (χ0n) is 8.06. The predicted molar refractivity (Wildman–Crippen MR) is 55.5 cm³/mol. The van der Waals surface area contributed by atoms with Gasteiger partial charge in [-0.05, 0) is 32.0 Å². The van der Waals surface area contributed by atoms with E-state index in [9.17, 15) is 0 Å². The second kappa shape index (κ2) is 3.70. The van der Waals surface area contributed by atoms with E-state index in [-0.39, 0.29) is 0 Å². The first-order valence-electron chi connectivity index (χ1n) is 4.76. The van der Waals surface area contributed by atoms with Gasteiger partial charge in [0.15, 0.2) is 4.77 Å². The van der Waals surface area contributed by atoms with Crippen molar-refractivity contribution in [3.63, 3.8) is 0 Å². The summed E-state index contributed by atoms with van der Waals surface area (Å²) in [4.78, 5) is 0. The topological polar surface area (TPSA) is 68.9 Å². The first-order chi connectivity index (χ1) is 6.72. The van der Waals surface area contributed by atoms with E-state index in [4.69, 9.17) is 22.7 Å². The van der Waals surface area contributed by atoms with Gasteiger partial charge >= 0.3 is 0 Å². The maximum atomic E-state index is 5.68. The smallest absolute Gasteiger partial charge is 0.220 e. The van der Waals surface area contributed by atoms with Crippen LogP contribution in [-0.4, -0.2) is 27.5 Å². The number of hydrogen-bond donors (Lipinski definition) is 2. The van der Waals surface area contributed by atoms with Crippen LogP contribution in [-0.2, 0) is 4.74 Å². The van der Waals surface area contributed by atoms with Gasteiger partial charge in [-0.2, -0.15) is 0 Å². The summed E-state index contributed by atoms with van der Waals surface area (Å²) in [5.74, 6) is 0.468. The van der Waals surface area contributed by atoms with Crippen molar-refractivity contribution < 1.29 is 4.74 Å². The van der Waals surface area contributed by atoms with E-state index in [1.807, 2.05) is 11.5 Å². The summed E-state index contributed by atoms with van der Waals surface area (Å²) >= 11 is 5.08. The van der Waals surface area contributed by atoms with Gasteiger partial charge in [0.25, 0.3) is 0 Å². The summed E-state index contributed by atoms with van der Waals surface area (Å²) in [5, 5.41) is 6.56. The fraction of sp³-hybridized carbons (Fsp3) is 0.750. The average molecular weight is 214 g/mol. The molecule has 0 radical (unpaired) electrons. The molecule has 0 atom stereocenters. The highest BCUT2D eigenvalue weighted by atomic mass is 32.1. The number of H-pyrrole nitrogens is 1. The molecule has 0 saturated heterocycles. The minimum absolute atomic E-state index is 0.359. The lowest BCUT2D eigenvalue weighted by molar-refractivity contribution is -0.0195. The molecule has 1 heterocycles. The molecule has 1 aromatic heterocycles. The minimum Gasteiger partial charge on any atom is -0.378 e. The Hall–Kier alpha value is -0.880. The number of rotatable bonds is 3. The number of aromatic nitrogens is 3. The van der Waals surface area contributed by atoms with Gasteiger partial charge in [-0.25, -0.2) is 5.10 Å². The van der Waals surface area contributed by atoms with E-state index in [2.05, 4.69) is 10.2 Å². The van der Waals surface area contributed by atoms with Gasteiger partial charge in [0.2, 0.25) is 5.95 Å². The summed E-state index contributed by atoms with van der Waals surface area (Å²) in [6.45, 7) is 2.77. The highest BCUT2D eigenvalue weighted by molar-refractivity contribution is 7.71. The zero-order valence-corrected chi connectivity index (χ0v) is 8.88. The molecule has 0 aromatic carbocycles. The van der Waals surface area contributed by atoms with Crippen molar-refractivity contribution in [2.45, 2.75) is 31.9 Å². The maximum absolute atomic E-state index is 5.68. The molecule has 5 nitrogen and oxygen atoms in total. The monoisotopic (exact) mass is 214 g/mol. The normalized spacial score (nSPS) is 26.1. The molecular weight excluding hydrogens is 200 g/mol. The van der Waals surface area contributed by atoms with Crippen LogP contribution in [0.3, 0.4) is 0 Å². The second-order valence-electron chi connectivity index (χ2n) is 3.46. The predicted octanol–water partition coefficient (Wildman–Crippen LogP) is 1.26. The number of nitrogens with two attached hydrogens (primary N) is 1. The molecule has 0 aliphatic heterocycles. The van der Waals surface area contributed by atoms with Crippen LogP contribution in [0.25, 0.3) is 0 Å². The van der Waals surface area contributed by atoms with Crippen LogP contribution >= 0.6 is 12.2 Å². The molecule has 1 aliphatic carbocycles. The third-order valence-electron chi connectivity index (χ3n) is 2.57. The van der Waals surface area contributed by atoms with Crippen molar-refractivity contribution in [3.05, 3.63) is 4.77 Å². The first kappa shape index (κ1) is 9.67. The highest BCUT2D eigenvalue weighted by Gasteiger charge is 2.32. The van der Waals surface area contributed by atoms with Crippen LogP contribution in [0, 0.1) is 4.77 Å². The number of aromatic amines is 1. The lowest BCUT2D eigenvalue weighted by Crippen LogP contribution is -2.34. The van der Waals surface area contributed by atoms with Crippen molar-refractivity contribution in [1.82, 2.24) is 14.8 Å². The van der Waals surface area contributed by atoms with E-state index in [0.29, 0.717) is 22.9 Å². The number of anilines is 1. The van der Waals surface area contributed by atoms with Crippen LogP contribution in [0.2, 0.25) is 0 Å². The molecule has 1 aliphatic rings. The van der Waals surface area contributed by atoms with E-state index in [1.165, 1.54) is 0 Å². The van der Waals surface area contributed by atoms with E-state index in [1.54, 1.807) is 0 Å². The maximum Gasteiger partial charge on any atom is 0.220 e. The van der Waals surface area contributed by atoms with Crippen LogP contribution in [0.4, 0.5) is 5.95 Å². The Bertz CT molecular complexity index is 366. The van der Waals surface area contributed by atoms with E-state index < -0.39 is 0 Å². The summed E-state index contributed by atoms with van der Waals surface area (Å²) in [6.07, 6.45) is 2.32. The molecule has 0 spiro atoms. The molecule has 3 N–H and O–H groups in total. The molecule has 78 valence electrons. The third-order valence-corrected chi connectivity index (χ3v) is 2.86. The van der Waals surface area contributed by atoms with E-state index >= 15 is 0 Å². The lowest BCUT2D eigenvalue weighted by atomic mass is 9.89. The van der Waals surface area contributed by atoms with Gasteiger partial charge in [-0.1, -0.05) is 0 Å². The Balaban J connectivity index is 2.03. The molecular formula is C8H14N4OS. The molecule has 1 saturated carbocycles.